The molecule has 1 saturated heterocycles. The van der Waals surface area contributed by atoms with Crippen LogP contribution in [0.3, 0.4) is 0 Å². The van der Waals surface area contributed by atoms with Gasteiger partial charge in [0.1, 0.15) is 0 Å². The minimum Gasteiger partial charge on any atom is -0.479 e. The lowest BCUT2D eigenvalue weighted by atomic mass is 9.93. The highest BCUT2D eigenvalue weighted by molar-refractivity contribution is 5.73. The van der Waals surface area contributed by atoms with Crippen LogP contribution in [0.4, 0.5) is 0 Å². The second-order valence-corrected chi connectivity index (χ2v) is 3.61. The number of carboxylic acids is 1. The molecule has 1 heterocycles. The van der Waals surface area contributed by atoms with Crippen molar-refractivity contribution in [3.8, 4) is 0 Å². The van der Waals surface area contributed by atoms with E-state index in [4.69, 9.17) is 9.94 Å². The average Bonchev–Trinajstić information content (AvgIpc) is 2.33. The first-order chi connectivity index (χ1) is 5.61. The predicted molar refractivity (Wildman–Crippen MR) is 43.5 cm³/mol. The Balaban J connectivity index is 2.46. The highest BCUT2D eigenvalue weighted by Gasteiger charge is 2.34. The second kappa shape index (κ2) is 3.87. The Kier molecular flexibility index (Phi) is 3.05. The van der Waals surface area contributed by atoms with E-state index >= 15 is 0 Å². The molecule has 1 fully saturated rings. The normalized spacial score (nSPS) is 29.6. The number of rotatable bonds is 3. The van der Waals surface area contributed by atoms with Gasteiger partial charge in [-0.1, -0.05) is 13.8 Å². The predicted octanol–water partition coefficient (Wildman–Crippen LogP) is 0.637. The van der Waals surface area contributed by atoms with Crippen LogP contribution in [0.25, 0.3) is 0 Å². The first kappa shape index (κ1) is 9.48. The van der Waals surface area contributed by atoms with E-state index in [1.165, 1.54) is 0 Å². The van der Waals surface area contributed by atoms with Crippen LogP contribution < -0.4 is 5.48 Å². The van der Waals surface area contributed by atoms with Crippen LogP contribution in [0.1, 0.15) is 20.3 Å². The molecule has 1 rings (SSSR count). The molecule has 0 bridgehead atoms. The van der Waals surface area contributed by atoms with Crippen LogP contribution in [-0.2, 0) is 9.63 Å². The van der Waals surface area contributed by atoms with Crippen LogP contribution in [0.2, 0.25) is 0 Å². The van der Waals surface area contributed by atoms with Crippen LogP contribution in [0.5, 0.6) is 0 Å². The van der Waals surface area contributed by atoms with Gasteiger partial charge in [-0.05, 0) is 12.3 Å². The zero-order chi connectivity index (χ0) is 9.14. The van der Waals surface area contributed by atoms with E-state index in [9.17, 15) is 4.79 Å². The minimum atomic E-state index is -0.870. The minimum absolute atomic E-state index is 0.113. The Morgan fingerprint density at radius 2 is 2.42 bits per heavy atom. The van der Waals surface area contributed by atoms with Gasteiger partial charge in [-0.25, -0.2) is 10.3 Å². The van der Waals surface area contributed by atoms with Gasteiger partial charge in [-0.3, -0.25) is 4.84 Å². The van der Waals surface area contributed by atoms with Gasteiger partial charge in [0.2, 0.25) is 0 Å². The standard InChI is InChI=1S/C8H15NO3/c1-5(2)3-6-4-9-12-7(6)8(10)11/h5-7,9H,3-4H2,1-2H3,(H,10,11). The third kappa shape index (κ3) is 2.19. The SMILES string of the molecule is CC(C)CC1CNOC1C(=O)O. The number of carbonyl (C=O) groups is 1. The molecule has 0 aliphatic carbocycles. The first-order valence-corrected chi connectivity index (χ1v) is 4.22. The van der Waals surface area contributed by atoms with Crippen molar-refractivity contribution in [2.45, 2.75) is 26.4 Å². The van der Waals surface area contributed by atoms with Gasteiger partial charge in [0, 0.05) is 12.5 Å². The quantitative estimate of drug-likeness (QED) is 0.657. The van der Waals surface area contributed by atoms with Gasteiger partial charge in [-0.15, -0.1) is 0 Å². The molecule has 2 unspecified atom stereocenters. The fourth-order valence-electron chi connectivity index (χ4n) is 1.51. The lowest BCUT2D eigenvalue weighted by Crippen LogP contribution is -2.28. The van der Waals surface area contributed by atoms with E-state index in [2.05, 4.69) is 19.3 Å². The van der Waals surface area contributed by atoms with Crippen molar-refractivity contribution in [1.82, 2.24) is 5.48 Å². The molecule has 0 amide bonds. The molecule has 1 aliphatic heterocycles. The maximum atomic E-state index is 10.6. The third-order valence-corrected chi connectivity index (χ3v) is 2.00. The van der Waals surface area contributed by atoms with Gasteiger partial charge < -0.3 is 5.11 Å². The summed E-state index contributed by atoms with van der Waals surface area (Å²) in [6.07, 6.45) is 0.233. The monoisotopic (exact) mass is 173 g/mol. The topological polar surface area (TPSA) is 58.6 Å². The maximum Gasteiger partial charge on any atom is 0.335 e. The number of hydrogen-bond acceptors (Lipinski definition) is 3. The van der Waals surface area contributed by atoms with Crippen molar-refractivity contribution < 1.29 is 14.7 Å². The smallest absolute Gasteiger partial charge is 0.335 e. The number of hydroxylamine groups is 1. The Labute approximate surface area is 71.9 Å². The van der Waals surface area contributed by atoms with Crippen molar-refractivity contribution in [2.24, 2.45) is 11.8 Å². The second-order valence-electron chi connectivity index (χ2n) is 3.61. The molecular weight excluding hydrogens is 158 g/mol. The van der Waals surface area contributed by atoms with Crippen molar-refractivity contribution in [3.05, 3.63) is 0 Å². The lowest BCUT2D eigenvalue weighted by molar-refractivity contribution is -0.152. The molecule has 1 aliphatic rings. The molecule has 2 N–H and O–H groups in total. The third-order valence-electron chi connectivity index (χ3n) is 2.00. The fourth-order valence-corrected chi connectivity index (χ4v) is 1.51. The van der Waals surface area contributed by atoms with Crippen molar-refractivity contribution >= 4 is 5.97 Å². The summed E-state index contributed by atoms with van der Waals surface area (Å²) >= 11 is 0. The number of nitrogens with one attached hydrogen (secondary N) is 1. The summed E-state index contributed by atoms with van der Waals surface area (Å²) in [6.45, 7) is 4.81. The van der Waals surface area contributed by atoms with Gasteiger partial charge in [0.05, 0.1) is 0 Å². The fraction of sp³-hybridized carbons (Fsp3) is 0.875. The molecular formula is C8H15NO3. The van der Waals surface area contributed by atoms with Crippen LogP contribution in [0, 0.1) is 11.8 Å². The number of hydrogen-bond donors (Lipinski definition) is 2. The molecule has 12 heavy (non-hydrogen) atoms. The molecule has 0 spiro atoms. The number of aliphatic carboxylic acids is 1. The molecule has 0 aromatic heterocycles. The van der Waals surface area contributed by atoms with E-state index in [0.717, 1.165) is 6.42 Å². The molecule has 2 atom stereocenters. The molecule has 0 saturated carbocycles. The Morgan fingerprint density at radius 1 is 1.75 bits per heavy atom. The van der Waals surface area contributed by atoms with Gasteiger partial charge in [0.25, 0.3) is 0 Å². The first-order valence-electron chi connectivity index (χ1n) is 4.22. The molecule has 0 aromatic carbocycles. The maximum absolute atomic E-state index is 10.6. The van der Waals surface area contributed by atoms with E-state index in [1.807, 2.05) is 0 Å². The number of carboxylic acid groups (broad SMARTS) is 1. The van der Waals surface area contributed by atoms with E-state index in [1.54, 1.807) is 0 Å². The summed E-state index contributed by atoms with van der Waals surface area (Å²) in [6, 6.07) is 0. The Hall–Kier alpha value is -0.610. The van der Waals surface area contributed by atoms with Gasteiger partial charge in [0.15, 0.2) is 6.10 Å². The summed E-state index contributed by atoms with van der Waals surface area (Å²) in [5.41, 5.74) is 2.63. The Morgan fingerprint density at radius 3 is 2.92 bits per heavy atom. The van der Waals surface area contributed by atoms with Gasteiger partial charge in [-0.2, -0.15) is 0 Å². The van der Waals surface area contributed by atoms with E-state index in [-0.39, 0.29) is 5.92 Å². The van der Waals surface area contributed by atoms with Crippen molar-refractivity contribution in [3.63, 3.8) is 0 Å². The Bertz CT molecular complexity index is 170. The summed E-state index contributed by atoms with van der Waals surface area (Å²) in [5, 5.41) is 8.73. The van der Waals surface area contributed by atoms with Gasteiger partial charge >= 0.3 is 5.97 Å². The molecule has 70 valence electrons. The average molecular weight is 173 g/mol. The highest BCUT2D eigenvalue weighted by Crippen LogP contribution is 2.21. The van der Waals surface area contributed by atoms with Crippen molar-refractivity contribution in [2.75, 3.05) is 6.54 Å². The molecule has 4 nitrogen and oxygen atoms in total. The van der Waals surface area contributed by atoms with E-state index < -0.39 is 12.1 Å². The molecule has 0 radical (unpaired) electrons. The molecule has 0 aromatic rings. The summed E-state index contributed by atoms with van der Waals surface area (Å²) in [4.78, 5) is 15.5. The largest absolute Gasteiger partial charge is 0.479 e. The van der Waals surface area contributed by atoms with E-state index in [0.29, 0.717) is 12.5 Å². The van der Waals surface area contributed by atoms with Crippen molar-refractivity contribution in [1.29, 1.82) is 0 Å². The van der Waals surface area contributed by atoms with Crippen LogP contribution >= 0.6 is 0 Å². The lowest BCUT2D eigenvalue weighted by Gasteiger charge is -2.14. The molecule has 4 heteroatoms. The van der Waals surface area contributed by atoms with Crippen LogP contribution in [0.15, 0.2) is 0 Å². The van der Waals surface area contributed by atoms with Crippen LogP contribution in [-0.4, -0.2) is 23.7 Å². The highest BCUT2D eigenvalue weighted by atomic mass is 16.7. The zero-order valence-electron chi connectivity index (χ0n) is 7.41. The summed E-state index contributed by atoms with van der Waals surface area (Å²) in [7, 11) is 0. The zero-order valence-corrected chi connectivity index (χ0v) is 7.41. The summed E-state index contributed by atoms with van der Waals surface area (Å²) in [5.74, 6) is -0.242. The summed E-state index contributed by atoms with van der Waals surface area (Å²) < 4.78 is 0.